The fourth-order valence-corrected chi connectivity index (χ4v) is 3.84. The Labute approximate surface area is 134 Å². The van der Waals surface area contributed by atoms with E-state index in [4.69, 9.17) is 8.85 Å². The largest absolute Gasteiger partial charge is 0.519 e. The molecule has 5 heteroatoms. The van der Waals surface area contributed by atoms with E-state index in [9.17, 15) is 4.79 Å². The Bertz CT molecular complexity index is 363. The molecule has 0 aromatic heterocycles. The van der Waals surface area contributed by atoms with Crippen LogP contribution in [0.25, 0.3) is 0 Å². The quantitative estimate of drug-likeness (QED) is 0.638. The van der Waals surface area contributed by atoms with Crippen molar-refractivity contribution in [3.8, 4) is 0 Å². The number of carbonyl (C=O) groups excluding carboxylic acids is 1. The third-order valence-corrected chi connectivity index (χ3v) is 13.9. The van der Waals surface area contributed by atoms with Gasteiger partial charge in [0.2, 0.25) is 0 Å². The van der Waals surface area contributed by atoms with Gasteiger partial charge in [0, 0.05) is 0 Å². The molecule has 0 radical (unpaired) electrons. The van der Waals surface area contributed by atoms with Crippen LogP contribution >= 0.6 is 0 Å². The monoisotopic (exact) mass is 332 g/mol. The molecule has 126 valence electrons. The lowest BCUT2D eigenvalue weighted by molar-refractivity contribution is -0.137. The van der Waals surface area contributed by atoms with E-state index in [0.717, 1.165) is 0 Å². The highest BCUT2D eigenvalue weighted by molar-refractivity contribution is 6.75. The van der Waals surface area contributed by atoms with Crippen LogP contribution in [-0.4, -0.2) is 28.7 Å². The Morgan fingerprint density at radius 1 is 0.905 bits per heavy atom. The summed E-state index contributed by atoms with van der Waals surface area (Å²) >= 11 is 0. The van der Waals surface area contributed by atoms with Gasteiger partial charge in [0.25, 0.3) is 14.3 Å². The van der Waals surface area contributed by atoms with Crippen molar-refractivity contribution >= 4 is 22.6 Å². The van der Waals surface area contributed by atoms with Crippen LogP contribution in [0, 0.1) is 0 Å². The van der Waals surface area contributed by atoms with Gasteiger partial charge in [-0.2, -0.15) is 0 Å². The summed E-state index contributed by atoms with van der Waals surface area (Å²) in [5.41, 5.74) is 0. The van der Waals surface area contributed by atoms with Crippen LogP contribution in [0.15, 0.2) is 0 Å². The molecule has 0 spiro atoms. The maximum atomic E-state index is 12.2. The highest BCUT2D eigenvalue weighted by Gasteiger charge is 2.41. The zero-order valence-corrected chi connectivity index (χ0v) is 18.0. The summed E-state index contributed by atoms with van der Waals surface area (Å²) in [7, 11) is -3.85. The minimum absolute atomic E-state index is 0.0478. The molecule has 0 aromatic rings. The first kappa shape index (κ1) is 20.9. The molecule has 0 N–H and O–H groups in total. The minimum Gasteiger partial charge on any atom is -0.519 e. The van der Waals surface area contributed by atoms with Crippen LogP contribution in [0.1, 0.15) is 54.9 Å². The lowest BCUT2D eigenvalue weighted by Gasteiger charge is -2.39. The number of carbonyl (C=O) groups is 1. The molecule has 1 unspecified atom stereocenters. The van der Waals surface area contributed by atoms with E-state index < -0.39 is 16.6 Å². The molecule has 0 rings (SSSR count). The summed E-state index contributed by atoms with van der Waals surface area (Å²) in [5, 5.41) is 0.205. The van der Waals surface area contributed by atoms with Crippen LogP contribution in [0.4, 0.5) is 0 Å². The molecule has 0 aromatic carbocycles. The van der Waals surface area contributed by atoms with Crippen molar-refractivity contribution in [2.24, 2.45) is 0 Å². The summed E-state index contributed by atoms with van der Waals surface area (Å²) in [4.78, 5) is 12.2. The molecule has 0 bridgehead atoms. The second-order valence-electron chi connectivity index (χ2n) is 9.13. The molecular formula is C16H36O3Si2. The van der Waals surface area contributed by atoms with E-state index in [1.54, 1.807) is 0 Å². The van der Waals surface area contributed by atoms with Crippen molar-refractivity contribution in [1.82, 2.24) is 0 Å². The Hall–Kier alpha value is -0.136. The molecule has 0 heterocycles. The van der Waals surface area contributed by atoms with Gasteiger partial charge in [0.15, 0.2) is 8.32 Å². The second-order valence-corrected chi connectivity index (χ2v) is 18.6. The van der Waals surface area contributed by atoms with Gasteiger partial charge in [-0.3, -0.25) is 4.79 Å². The van der Waals surface area contributed by atoms with Gasteiger partial charge in [-0.25, -0.2) is 0 Å². The van der Waals surface area contributed by atoms with Gasteiger partial charge in [0.05, 0.1) is 12.5 Å². The van der Waals surface area contributed by atoms with Crippen molar-refractivity contribution in [3.05, 3.63) is 0 Å². The third kappa shape index (κ3) is 6.24. The molecule has 0 aliphatic heterocycles. The first-order chi connectivity index (χ1) is 8.99. The number of rotatable bonds is 5. The van der Waals surface area contributed by atoms with Crippen LogP contribution < -0.4 is 0 Å². The van der Waals surface area contributed by atoms with Gasteiger partial charge >= 0.3 is 0 Å². The molecule has 0 saturated carbocycles. The zero-order chi connectivity index (χ0) is 17.3. The molecule has 3 nitrogen and oxygen atoms in total. The summed E-state index contributed by atoms with van der Waals surface area (Å²) in [5.74, 6) is -0.118. The standard InChI is InChI=1S/C16H36O3Si2/c1-13(18-20(8,9)15(2,3)4)12-14(17)19-21(10,11)16(5,6)7/h13H,12H2,1-11H3. The highest BCUT2D eigenvalue weighted by Crippen LogP contribution is 2.38. The average Bonchev–Trinajstić information content (AvgIpc) is 2.10. The lowest BCUT2D eigenvalue weighted by Crippen LogP contribution is -2.45. The lowest BCUT2D eigenvalue weighted by atomic mass is 10.2. The molecule has 0 aliphatic carbocycles. The first-order valence-corrected chi connectivity index (χ1v) is 13.7. The van der Waals surface area contributed by atoms with E-state index in [0.29, 0.717) is 6.42 Å². The fraction of sp³-hybridized carbons (Fsp3) is 0.938. The summed E-state index contributed by atoms with van der Waals surface area (Å²) < 4.78 is 12.0. The Morgan fingerprint density at radius 2 is 1.29 bits per heavy atom. The minimum atomic E-state index is -2.02. The predicted octanol–water partition coefficient (Wildman–Crippen LogP) is 5.34. The molecule has 1 atom stereocenters. The van der Waals surface area contributed by atoms with Crippen LogP contribution in [0.3, 0.4) is 0 Å². The van der Waals surface area contributed by atoms with Crippen LogP contribution in [0.5, 0.6) is 0 Å². The second kappa shape index (κ2) is 6.54. The molecule has 21 heavy (non-hydrogen) atoms. The predicted molar refractivity (Wildman–Crippen MR) is 95.7 cm³/mol. The van der Waals surface area contributed by atoms with Gasteiger partial charge in [-0.15, -0.1) is 0 Å². The van der Waals surface area contributed by atoms with Gasteiger partial charge in [0.1, 0.15) is 0 Å². The van der Waals surface area contributed by atoms with Gasteiger partial charge in [-0.05, 0) is 43.2 Å². The zero-order valence-electron chi connectivity index (χ0n) is 16.0. The Kier molecular flexibility index (Phi) is 6.50. The van der Waals surface area contributed by atoms with Gasteiger partial charge in [-0.1, -0.05) is 41.5 Å². The average molecular weight is 333 g/mol. The van der Waals surface area contributed by atoms with Crippen molar-refractivity contribution < 1.29 is 13.6 Å². The SMILES string of the molecule is CC(CC(=O)O[Si](C)(C)C(C)(C)C)O[Si](C)(C)C(C)(C)C. The maximum absolute atomic E-state index is 12.2. The maximum Gasteiger partial charge on any atom is 0.295 e. The van der Waals surface area contributed by atoms with E-state index in [2.05, 4.69) is 67.7 Å². The smallest absolute Gasteiger partial charge is 0.295 e. The first-order valence-electron chi connectivity index (χ1n) is 7.89. The number of hydrogen-bond donors (Lipinski definition) is 0. The van der Waals surface area contributed by atoms with E-state index in [1.807, 2.05) is 6.92 Å². The molecular weight excluding hydrogens is 296 g/mol. The molecule has 0 fully saturated rings. The topological polar surface area (TPSA) is 35.5 Å². The third-order valence-electron chi connectivity index (χ3n) is 4.93. The Balaban J connectivity index is 4.62. The summed E-state index contributed by atoms with van der Waals surface area (Å²) in [6, 6.07) is 0. The van der Waals surface area contributed by atoms with Crippen molar-refractivity contribution in [2.45, 2.75) is 97.3 Å². The number of hydrogen-bond acceptors (Lipinski definition) is 3. The van der Waals surface area contributed by atoms with Crippen molar-refractivity contribution in [3.63, 3.8) is 0 Å². The molecule has 0 saturated heterocycles. The van der Waals surface area contributed by atoms with E-state index >= 15 is 0 Å². The highest BCUT2D eigenvalue weighted by atomic mass is 28.4. The normalized spacial score (nSPS) is 15.8. The van der Waals surface area contributed by atoms with Crippen molar-refractivity contribution in [2.75, 3.05) is 0 Å². The summed E-state index contributed by atoms with van der Waals surface area (Å²) in [6.07, 6.45) is 0.266. The van der Waals surface area contributed by atoms with Crippen molar-refractivity contribution in [1.29, 1.82) is 0 Å². The summed E-state index contributed by atoms with van der Waals surface area (Å²) in [6.45, 7) is 23.7. The van der Waals surface area contributed by atoms with Gasteiger partial charge < -0.3 is 8.85 Å². The van der Waals surface area contributed by atoms with E-state index in [1.165, 1.54) is 0 Å². The van der Waals surface area contributed by atoms with Crippen LogP contribution in [-0.2, 0) is 13.6 Å². The Morgan fingerprint density at radius 3 is 1.62 bits per heavy atom. The van der Waals surface area contributed by atoms with Crippen LogP contribution in [0.2, 0.25) is 36.3 Å². The van der Waals surface area contributed by atoms with E-state index in [-0.39, 0.29) is 22.1 Å². The fourth-order valence-electron chi connectivity index (χ4n) is 1.44. The molecule has 0 amide bonds. The molecule has 0 aliphatic rings.